The minimum atomic E-state index is -0.299. The molecule has 0 aliphatic carbocycles. The lowest BCUT2D eigenvalue weighted by atomic mass is 10.1. The van der Waals surface area contributed by atoms with E-state index >= 15 is 0 Å². The van der Waals surface area contributed by atoms with Crippen LogP contribution in [0.15, 0.2) is 35.9 Å². The number of hydrogen-bond donors (Lipinski definition) is 0. The first-order valence-corrected chi connectivity index (χ1v) is 4.50. The number of ketones is 1. The highest BCUT2D eigenvalue weighted by atomic mass is 19.1. The number of carbonyl (C=O) groups is 1. The maximum absolute atomic E-state index is 12.8. The second kappa shape index (κ2) is 4.70. The minimum absolute atomic E-state index is 0.00981. The SMILES string of the molecule is CC(C)=CC(=O)Cc1cccc(F)c1. The average molecular weight is 192 g/mol. The van der Waals surface area contributed by atoms with Crippen LogP contribution in [0.1, 0.15) is 19.4 Å². The van der Waals surface area contributed by atoms with Crippen LogP contribution in [-0.2, 0) is 11.2 Å². The lowest BCUT2D eigenvalue weighted by Crippen LogP contribution is -1.99. The monoisotopic (exact) mass is 192 g/mol. The van der Waals surface area contributed by atoms with Crippen molar-refractivity contribution >= 4 is 5.78 Å². The molecule has 0 saturated heterocycles. The number of carbonyl (C=O) groups excluding carboxylic acids is 1. The molecule has 14 heavy (non-hydrogen) atoms. The van der Waals surface area contributed by atoms with Crippen LogP contribution in [0.3, 0.4) is 0 Å². The first-order valence-electron chi connectivity index (χ1n) is 4.50. The van der Waals surface area contributed by atoms with E-state index in [0.29, 0.717) is 5.56 Å². The van der Waals surface area contributed by atoms with Gasteiger partial charge in [0.25, 0.3) is 0 Å². The van der Waals surface area contributed by atoms with E-state index in [2.05, 4.69) is 0 Å². The highest BCUT2D eigenvalue weighted by Crippen LogP contribution is 2.05. The molecule has 1 aromatic carbocycles. The quantitative estimate of drug-likeness (QED) is 0.673. The van der Waals surface area contributed by atoms with Crippen molar-refractivity contribution in [2.75, 3.05) is 0 Å². The molecule has 1 rings (SSSR count). The lowest BCUT2D eigenvalue weighted by molar-refractivity contribution is -0.114. The van der Waals surface area contributed by atoms with Crippen molar-refractivity contribution in [1.82, 2.24) is 0 Å². The third kappa shape index (κ3) is 3.52. The number of allylic oxidation sites excluding steroid dienone is 2. The highest BCUT2D eigenvalue weighted by Gasteiger charge is 2.01. The molecular weight excluding hydrogens is 179 g/mol. The van der Waals surface area contributed by atoms with Crippen molar-refractivity contribution in [1.29, 1.82) is 0 Å². The Labute approximate surface area is 83.3 Å². The smallest absolute Gasteiger partial charge is 0.159 e. The Morgan fingerprint density at radius 1 is 1.43 bits per heavy atom. The van der Waals surface area contributed by atoms with Crippen molar-refractivity contribution in [3.63, 3.8) is 0 Å². The van der Waals surface area contributed by atoms with Crippen LogP contribution in [0.25, 0.3) is 0 Å². The Kier molecular flexibility index (Phi) is 3.57. The fraction of sp³-hybridized carbons (Fsp3) is 0.250. The van der Waals surface area contributed by atoms with Gasteiger partial charge in [-0.05, 0) is 37.6 Å². The van der Waals surface area contributed by atoms with Gasteiger partial charge in [-0.2, -0.15) is 0 Å². The van der Waals surface area contributed by atoms with Gasteiger partial charge >= 0.3 is 0 Å². The van der Waals surface area contributed by atoms with E-state index in [9.17, 15) is 9.18 Å². The predicted octanol–water partition coefficient (Wildman–Crippen LogP) is 2.90. The standard InChI is InChI=1S/C12H13FO/c1-9(2)6-12(14)8-10-4-3-5-11(13)7-10/h3-7H,8H2,1-2H3. The van der Waals surface area contributed by atoms with Gasteiger partial charge in [0.2, 0.25) is 0 Å². The molecule has 0 aliphatic rings. The third-order valence-corrected chi connectivity index (χ3v) is 1.72. The van der Waals surface area contributed by atoms with Gasteiger partial charge in [-0.1, -0.05) is 17.7 Å². The Bertz CT molecular complexity index is 362. The number of rotatable bonds is 3. The average Bonchev–Trinajstić information content (AvgIpc) is 2.01. The molecule has 0 atom stereocenters. The fourth-order valence-electron chi connectivity index (χ4n) is 1.22. The van der Waals surface area contributed by atoms with E-state index in [4.69, 9.17) is 0 Å². The zero-order valence-electron chi connectivity index (χ0n) is 8.38. The van der Waals surface area contributed by atoms with Crippen LogP contribution in [0.2, 0.25) is 0 Å². The lowest BCUT2D eigenvalue weighted by Gasteiger charge is -1.97. The maximum Gasteiger partial charge on any atom is 0.159 e. The molecule has 1 aromatic rings. The molecule has 0 spiro atoms. The maximum atomic E-state index is 12.8. The van der Waals surface area contributed by atoms with E-state index in [1.807, 2.05) is 13.8 Å². The largest absolute Gasteiger partial charge is 0.294 e. The predicted molar refractivity (Wildman–Crippen MR) is 54.5 cm³/mol. The molecule has 0 heterocycles. The molecule has 2 heteroatoms. The van der Waals surface area contributed by atoms with Crippen molar-refractivity contribution < 1.29 is 9.18 Å². The van der Waals surface area contributed by atoms with Gasteiger partial charge in [0.1, 0.15) is 5.82 Å². The summed E-state index contributed by atoms with van der Waals surface area (Å²) in [5.74, 6) is -0.289. The zero-order valence-corrected chi connectivity index (χ0v) is 8.38. The van der Waals surface area contributed by atoms with Crippen LogP contribution in [0, 0.1) is 5.82 Å². The summed E-state index contributed by atoms with van der Waals surface area (Å²) in [5.41, 5.74) is 1.68. The summed E-state index contributed by atoms with van der Waals surface area (Å²) in [6.45, 7) is 3.73. The summed E-state index contributed by atoms with van der Waals surface area (Å²) >= 11 is 0. The van der Waals surface area contributed by atoms with Gasteiger partial charge in [0.15, 0.2) is 5.78 Å². The summed E-state index contributed by atoms with van der Waals surface area (Å²) < 4.78 is 12.8. The zero-order chi connectivity index (χ0) is 10.6. The minimum Gasteiger partial charge on any atom is -0.294 e. The van der Waals surface area contributed by atoms with Crippen LogP contribution >= 0.6 is 0 Å². The first-order chi connectivity index (χ1) is 6.58. The number of benzene rings is 1. The van der Waals surface area contributed by atoms with E-state index in [1.165, 1.54) is 12.1 Å². The second-order valence-electron chi connectivity index (χ2n) is 3.49. The molecule has 0 amide bonds. The molecule has 1 nitrogen and oxygen atoms in total. The van der Waals surface area contributed by atoms with E-state index < -0.39 is 0 Å². The molecule has 0 unspecified atom stereocenters. The number of hydrogen-bond acceptors (Lipinski definition) is 1. The molecule has 0 radical (unpaired) electrons. The normalized spacial score (nSPS) is 9.64. The van der Waals surface area contributed by atoms with Gasteiger partial charge in [-0.25, -0.2) is 4.39 Å². The van der Waals surface area contributed by atoms with E-state index in [-0.39, 0.29) is 18.0 Å². The molecule has 0 aliphatic heterocycles. The van der Waals surface area contributed by atoms with Crippen LogP contribution in [0.5, 0.6) is 0 Å². The Balaban J connectivity index is 2.70. The van der Waals surface area contributed by atoms with Gasteiger partial charge in [0.05, 0.1) is 0 Å². The molecule has 74 valence electrons. The van der Waals surface area contributed by atoms with Gasteiger partial charge < -0.3 is 0 Å². The van der Waals surface area contributed by atoms with Crippen molar-refractivity contribution in [2.24, 2.45) is 0 Å². The molecule has 0 bridgehead atoms. The summed E-state index contributed by atoms with van der Waals surface area (Å²) in [6.07, 6.45) is 1.84. The van der Waals surface area contributed by atoms with Crippen LogP contribution in [-0.4, -0.2) is 5.78 Å². The summed E-state index contributed by atoms with van der Waals surface area (Å²) in [5, 5.41) is 0. The van der Waals surface area contributed by atoms with Crippen molar-refractivity contribution in [2.45, 2.75) is 20.3 Å². The first kappa shape index (κ1) is 10.6. The fourth-order valence-corrected chi connectivity index (χ4v) is 1.22. The van der Waals surface area contributed by atoms with Crippen molar-refractivity contribution in [3.05, 3.63) is 47.3 Å². The summed E-state index contributed by atoms with van der Waals surface area (Å²) in [4.78, 5) is 11.3. The van der Waals surface area contributed by atoms with Gasteiger partial charge in [-0.3, -0.25) is 4.79 Å². The van der Waals surface area contributed by atoms with Crippen molar-refractivity contribution in [3.8, 4) is 0 Å². The Hall–Kier alpha value is -1.44. The summed E-state index contributed by atoms with van der Waals surface area (Å²) in [6, 6.07) is 6.12. The highest BCUT2D eigenvalue weighted by molar-refractivity contribution is 5.91. The molecule has 0 N–H and O–H groups in total. The Morgan fingerprint density at radius 2 is 2.14 bits per heavy atom. The van der Waals surface area contributed by atoms with Crippen LogP contribution < -0.4 is 0 Å². The topological polar surface area (TPSA) is 17.1 Å². The molecular formula is C12H13FO. The summed E-state index contributed by atoms with van der Waals surface area (Å²) in [7, 11) is 0. The number of halogens is 1. The molecule has 0 fully saturated rings. The molecule has 0 aromatic heterocycles. The van der Waals surface area contributed by atoms with E-state index in [1.54, 1.807) is 18.2 Å². The van der Waals surface area contributed by atoms with Crippen LogP contribution in [0.4, 0.5) is 4.39 Å². The second-order valence-corrected chi connectivity index (χ2v) is 3.49. The van der Waals surface area contributed by atoms with Gasteiger partial charge in [0, 0.05) is 6.42 Å². The third-order valence-electron chi connectivity index (χ3n) is 1.72. The molecule has 0 saturated carbocycles. The Morgan fingerprint density at radius 3 is 2.71 bits per heavy atom. The van der Waals surface area contributed by atoms with E-state index in [0.717, 1.165) is 5.57 Å². The van der Waals surface area contributed by atoms with Gasteiger partial charge in [-0.15, -0.1) is 0 Å².